The van der Waals surface area contributed by atoms with Crippen molar-refractivity contribution in [1.29, 1.82) is 0 Å². The zero-order valence-electron chi connectivity index (χ0n) is 17.2. The van der Waals surface area contributed by atoms with Crippen LogP contribution >= 0.6 is 0 Å². The van der Waals surface area contributed by atoms with Crippen molar-refractivity contribution in [3.05, 3.63) is 41.9 Å². The van der Waals surface area contributed by atoms with Crippen LogP contribution in [-0.2, 0) is 24.3 Å². The fourth-order valence-corrected chi connectivity index (χ4v) is 7.34. The molecule has 2 heterocycles. The first-order valence-electron chi connectivity index (χ1n) is 11.6. The number of fused-ring (bicyclic) bond motifs is 1. The summed E-state index contributed by atoms with van der Waals surface area (Å²) in [6.07, 6.45) is 13.4. The molecular weight excluding hydrogens is 358 g/mol. The van der Waals surface area contributed by atoms with Crippen molar-refractivity contribution in [3.8, 4) is 11.3 Å². The second-order valence-corrected chi connectivity index (χ2v) is 10.4. The summed E-state index contributed by atoms with van der Waals surface area (Å²) in [5.74, 6) is 4.17. The number of hydrogen-bond acceptors (Lipinski definition) is 2. The monoisotopic (exact) mass is 389 g/mol. The third-order valence-corrected chi connectivity index (χ3v) is 8.07. The van der Waals surface area contributed by atoms with Gasteiger partial charge in [0.15, 0.2) is 0 Å². The van der Waals surface area contributed by atoms with E-state index >= 15 is 0 Å². The molecule has 2 aromatic rings. The SMILES string of the molecule is O=C(CC12CC3CC(CC(C3)C1)C2)NCc1cccc(-c2cn3c(n2)CCC3)c1. The van der Waals surface area contributed by atoms with Gasteiger partial charge in [-0.2, -0.15) is 0 Å². The van der Waals surface area contributed by atoms with Gasteiger partial charge < -0.3 is 9.88 Å². The van der Waals surface area contributed by atoms with Crippen molar-refractivity contribution in [2.75, 3.05) is 0 Å². The molecule has 0 spiro atoms. The van der Waals surface area contributed by atoms with Crippen LogP contribution in [0.15, 0.2) is 30.5 Å². The molecule has 4 saturated carbocycles. The van der Waals surface area contributed by atoms with E-state index in [0.717, 1.165) is 54.0 Å². The Hall–Kier alpha value is -2.10. The Bertz CT molecular complexity index is 887. The third kappa shape index (κ3) is 3.31. The van der Waals surface area contributed by atoms with Gasteiger partial charge in [-0.3, -0.25) is 4.79 Å². The predicted molar refractivity (Wildman–Crippen MR) is 113 cm³/mol. The molecule has 1 amide bonds. The molecule has 0 saturated heterocycles. The fraction of sp³-hybridized carbons (Fsp3) is 0.600. The normalized spacial score (nSPS) is 31.8. The maximum atomic E-state index is 12.8. The predicted octanol–water partition coefficient (Wildman–Crippen LogP) is 4.72. The van der Waals surface area contributed by atoms with Crippen molar-refractivity contribution in [1.82, 2.24) is 14.9 Å². The van der Waals surface area contributed by atoms with Crippen LogP contribution in [0.2, 0.25) is 0 Å². The number of aromatic nitrogens is 2. The molecule has 7 rings (SSSR count). The van der Waals surface area contributed by atoms with Gasteiger partial charge in [-0.15, -0.1) is 0 Å². The van der Waals surface area contributed by atoms with Crippen LogP contribution in [-0.4, -0.2) is 15.5 Å². The third-order valence-electron chi connectivity index (χ3n) is 8.07. The summed E-state index contributed by atoms with van der Waals surface area (Å²) in [7, 11) is 0. The van der Waals surface area contributed by atoms with E-state index in [0.29, 0.717) is 12.0 Å². The lowest BCUT2D eigenvalue weighted by atomic mass is 9.49. The van der Waals surface area contributed by atoms with Crippen LogP contribution in [0.4, 0.5) is 0 Å². The maximum Gasteiger partial charge on any atom is 0.220 e. The Morgan fingerprint density at radius 3 is 2.62 bits per heavy atom. The minimum Gasteiger partial charge on any atom is -0.352 e. The van der Waals surface area contributed by atoms with Gasteiger partial charge in [-0.25, -0.2) is 4.98 Å². The lowest BCUT2D eigenvalue weighted by Crippen LogP contribution is -2.47. The summed E-state index contributed by atoms with van der Waals surface area (Å²) >= 11 is 0. The first-order valence-corrected chi connectivity index (χ1v) is 11.6. The van der Waals surface area contributed by atoms with Crippen LogP contribution in [0.5, 0.6) is 0 Å². The Morgan fingerprint density at radius 2 is 1.90 bits per heavy atom. The quantitative estimate of drug-likeness (QED) is 0.804. The number of carbonyl (C=O) groups excluding carboxylic acids is 1. The van der Waals surface area contributed by atoms with Gasteiger partial charge in [0, 0.05) is 37.7 Å². The molecule has 4 nitrogen and oxygen atoms in total. The second kappa shape index (κ2) is 6.72. The van der Waals surface area contributed by atoms with Gasteiger partial charge in [0.1, 0.15) is 5.82 Å². The summed E-state index contributed by atoms with van der Waals surface area (Å²) in [5, 5.41) is 3.23. The van der Waals surface area contributed by atoms with Crippen LogP contribution in [0.1, 0.15) is 62.8 Å². The van der Waals surface area contributed by atoms with Crippen LogP contribution in [0, 0.1) is 23.2 Å². The molecule has 1 aromatic carbocycles. The Morgan fingerprint density at radius 1 is 1.14 bits per heavy atom. The molecule has 4 fully saturated rings. The Kier molecular flexibility index (Phi) is 4.11. The van der Waals surface area contributed by atoms with Crippen molar-refractivity contribution >= 4 is 5.91 Å². The zero-order chi connectivity index (χ0) is 19.4. The van der Waals surface area contributed by atoms with Crippen molar-refractivity contribution < 1.29 is 4.79 Å². The standard InChI is InChI=1S/C25H31N3O/c29-24(14-25-11-18-7-19(12-25)9-20(8-18)13-25)26-15-17-3-1-4-21(10-17)22-16-28-6-2-5-23(28)27-22/h1,3-4,10,16,18-20H,2,5-9,11-15H2,(H,26,29). The summed E-state index contributed by atoms with van der Waals surface area (Å²) in [6, 6.07) is 8.50. The number of benzene rings is 1. The highest BCUT2D eigenvalue weighted by Crippen LogP contribution is 2.61. The minimum atomic E-state index is 0.248. The molecule has 29 heavy (non-hydrogen) atoms. The highest BCUT2D eigenvalue weighted by atomic mass is 16.1. The van der Waals surface area contributed by atoms with Crippen LogP contribution < -0.4 is 5.32 Å². The van der Waals surface area contributed by atoms with E-state index in [4.69, 9.17) is 4.98 Å². The van der Waals surface area contributed by atoms with E-state index < -0.39 is 0 Å². The zero-order valence-corrected chi connectivity index (χ0v) is 17.2. The Balaban J connectivity index is 1.10. The average molecular weight is 390 g/mol. The number of carbonyl (C=O) groups is 1. The first-order chi connectivity index (χ1) is 14.1. The molecule has 1 aliphatic heterocycles. The van der Waals surface area contributed by atoms with Gasteiger partial charge >= 0.3 is 0 Å². The number of amides is 1. The van der Waals surface area contributed by atoms with E-state index in [2.05, 4.69) is 40.3 Å². The molecule has 0 unspecified atom stereocenters. The molecule has 4 bridgehead atoms. The molecule has 0 atom stereocenters. The highest BCUT2D eigenvalue weighted by molar-refractivity contribution is 5.76. The number of imidazole rings is 1. The lowest BCUT2D eigenvalue weighted by molar-refractivity contribution is -0.129. The molecule has 0 radical (unpaired) electrons. The van der Waals surface area contributed by atoms with Crippen molar-refractivity contribution in [2.45, 2.75) is 70.9 Å². The first kappa shape index (κ1) is 17.7. The molecule has 4 aliphatic carbocycles. The van der Waals surface area contributed by atoms with E-state index in [9.17, 15) is 4.79 Å². The maximum absolute atomic E-state index is 12.8. The summed E-state index contributed by atoms with van der Waals surface area (Å²) in [5.41, 5.74) is 3.69. The van der Waals surface area contributed by atoms with Gasteiger partial charge in [-0.1, -0.05) is 18.2 Å². The minimum absolute atomic E-state index is 0.248. The van der Waals surface area contributed by atoms with Crippen LogP contribution in [0.3, 0.4) is 0 Å². The number of aryl methyl sites for hydroxylation is 2. The molecule has 4 heteroatoms. The smallest absolute Gasteiger partial charge is 0.220 e. The average Bonchev–Trinajstić information content (AvgIpc) is 3.27. The van der Waals surface area contributed by atoms with Gasteiger partial charge in [0.25, 0.3) is 0 Å². The number of nitrogens with one attached hydrogen (secondary N) is 1. The van der Waals surface area contributed by atoms with Crippen LogP contribution in [0.25, 0.3) is 11.3 Å². The topological polar surface area (TPSA) is 46.9 Å². The molecule has 152 valence electrons. The molecule has 1 aromatic heterocycles. The summed E-state index contributed by atoms with van der Waals surface area (Å²) in [6.45, 7) is 1.70. The highest BCUT2D eigenvalue weighted by Gasteiger charge is 2.51. The number of hydrogen-bond donors (Lipinski definition) is 1. The number of rotatable bonds is 5. The Labute approximate surface area is 173 Å². The van der Waals surface area contributed by atoms with Gasteiger partial charge in [0.05, 0.1) is 5.69 Å². The number of nitrogens with zero attached hydrogens (tertiary/aromatic N) is 2. The summed E-state index contributed by atoms with van der Waals surface area (Å²) < 4.78 is 2.27. The summed E-state index contributed by atoms with van der Waals surface area (Å²) in [4.78, 5) is 17.6. The largest absolute Gasteiger partial charge is 0.352 e. The molecule has 5 aliphatic rings. The van der Waals surface area contributed by atoms with Gasteiger partial charge in [0.2, 0.25) is 5.91 Å². The molecular formula is C25H31N3O. The fourth-order valence-electron chi connectivity index (χ4n) is 7.34. The van der Waals surface area contributed by atoms with Crippen molar-refractivity contribution in [2.24, 2.45) is 23.2 Å². The van der Waals surface area contributed by atoms with E-state index in [1.807, 2.05) is 0 Å². The van der Waals surface area contributed by atoms with E-state index in [-0.39, 0.29) is 5.91 Å². The van der Waals surface area contributed by atoms with Gasteiger partial charge in [-0.05, 0) is 79.7 Å². The molecule has 1 N–H and O–H groups in total. The van der Waals surface area contributed by atoms with Crippen molar-refractivity contribution in [3.63, 3.8) is 0 Å². The van der Waals surface area contributed by atoms with E-state index in [1.54, 1.807) is 0 Å². The second-order valence-electron chi connectivity index (χ2n) is 10.4. The lowest BCUT2D eigenvalue weighted by Gasteiger charge is -2.56. The van der Waals surface area contributed by atoms with E-state index in [1.165, 1.54) is 50.8 Å².